The Morgan fingerprint density at radius 3 is 2.41 bits per heavy atom. The Hall–Kier alpha value is -1.65. The Kier molecular flexibility index (Phi) is 3.13. The minimum absolute atomic E-state index is 0.0197. The standard InChI is InChI=1S/C18H19NO2S/c1-13-5-8-16(9-6-13)22(20,21)19-12-11-15-4-2-3-14-7-10-17(19)18(14)15/h2-6,8-9,17H,7,10-12H2,1H3. The molecule has 0 aromatic heterocycles. The van der Waals surface area contributed by atoms with Gasteiger partial charge in [0.1, 0.15) is 0 Å². The molecule has 22 heavy (non-hydrogen) atoms. The number of aryl methyl sites for hydroxylation is 2. The molecule has 4 rings (SSSR count). The van der Waals surface area contributed by atoms with E-state index in [4.69, 9.17) is 0 Å². The van der Waals surface area contributed by atoms with Crippen molar-refractivity contribution >= 4 is 10.0 Å². The van der Waals surface area contributed by atoms with Crippen LogP contribution < -0.4 is 0 Å². The van der Waals surface area contributed by atoms with E-state index < -0.39 is 10.0 Å². The van der Waals surface area contributed by atoms with Gasteiger partial charge in [0, 0.05) is 6.54 Å². The van der Waals surface area contributed by atoms with Gasteiger partial charge in [0.25, 0.3) is 0 Å². The number of hydrogen-bond donors (Lipinski definition) is 0. The van der Waals surface area contributed by atoms with Gasteiger partial charge in [-0.3, -0.25) is 0 Å². The zero-order chi connectivity index (χ0) is 15.3. The summed E-state index contributed by atoms with van der Waals surface area (Å²) in [6.07, 6.45) is 2.69. The molecule has 0 radical (unpaired) electrons. The molecule has 1 unspecified atom stereocenters. The molecule has 4 heteroatoms. The van der Waals surface area contributed by atoms with Crippen LogP contribution >= 0.6 is 0 Å². The third kappa shape index (κ3) is 2.02. The van der Waals surface area contributed by atoms with E-state index in [0.29, 0.717) is 11.4 Å². The summed E-state index contributed by atoms with van der Waals surface area (Å²) in [7, 11) is -3.42. The first kappa shape index (κ1) is 14.0. The van der Waals surface area contributed by atoms with Gasteiger partial charge >= 0.3 is 0 Å². The summed E-state index contributed by atoms with van der Waals surface area (Å²) in [4.78, 5) is 0.408. The van der Waals surface area contributed by atoms with Crippen molar-refractivity contribution in [2.75, 3.05) is 6.54 Å². The molecule has 1 aliphatic heterocycles. The Morgan fingerprint density at radius 1 is 1.00 bits per heavy atom. The molecule has 0 bridgehead atoms. The zero-order valence-electron chi connectivity index (χ0n) is 12.6. The molecule has 3 nitrogen and oxygen atoms in total. The highest BCUT2D eigenvalue weighted by Gasteiger charge is 2.39. The van der Waals surface area contributed by atoms with Gasteiger partial charge in [-0.1, -0.05) is 35.9 Å². The number of rotatable bonds is 2. The van der Waals surface area contributed by atoms with Gasteiger partial charge in [-0.05, 0) is 55.0 Å². The molecule has 1 heterocycles. The fourth-order valence-corrected chi connectivity index (χ4v) is 5.40. The monoisotopic (exact) mass is 313 g/mol. The minimum Gasteiger partial charge on any atom is -0.207 e. The molecular weight excluding hydrogens is 294 g/mol. The summed E-state index contributed by atoms with van der Waals surface area (Å²) in [5.74, 6) is 0. The van der Waals surface area contributed by atoms with Crippen molar-refractivity contribution in [3.8, 4) is 0 Å². The minimum atomic E-state index is -3.42. The van der Waals surface area contributed by atoms with E-state index in [1.54, 1.807) is 16.4 Å². The summed E-state index contributed by atoms with van der Waals surface area (Å²) in [5.41, 5.74) is 5.00. The Bertz CT molecular complexity index is 825. The van der Waals surface area contributed by atoms with Crippen molar-refractivity contribution in [1.82, 2.24) is 4.31 Å². The highest BCUT2D eigenvalue weighted by molar-refractivity contribution is 7.89. The van der Waals surface area contributed by atoms with Crippen LogP contribution in [0.3, 0.4) is 0 Å². The van der Waals surface area contributed by atoms with E-state index >= 15 is 0 Å². The van der Waals surface area contributed by atoms with Gasteiger partial charge in [0.05, 0.1) is 10.9 Å². The zero-order valence-corrected chi connectivity index (χ0v) is 13.4. The second kappa shape index (κ2) is 4.93. The maximum absolute atomic E-state index is 13.0. The lowest BCUT2D eigenvalue weighted by atomic mass is 9.95. The number of sulfonamides is 1. The first-order valence-electron chi connectivity index (χ1n) is 7.76. The second-order valence-electron chi connectivity index (χ2n) is 6.22. The van der Waals surface area contributed by atoms with Crippen molar-refractivity contribution < 1.29 is 8.42 Å². The van der Waals surface area contributed by atoms with E-state index in [-0.39, 0.29) is 6.04 Å². The third-order valence-electron chi connectivity index (χ3n) is 4.88. The number of benzene rings is 2. The maximum Gasteiger partial charge on any atom is 0.243 e. The van der Waals surface area contributed by atoms with Gasteiger partial charge in [-0.15, -0.1) is 0 Å². The Balaban J connectivity index is 1.77. The van der Waals surface area contributed by atoms with Crippen LogP contribution in [0.5, 0.6) is 0 Å². The SMILES string of the molecule is Cc1ccc(S(=O)(=O)N2CCc3cccc4c3C2CC4)cc1. The van der Waals surface area contributed by atoms with E-state index in [1.165, 1.54) is 16.7 Å². The van der Waals surface area contributed by atoms with Crippen LogP contribution in [0.25, 0.3) is 0 Å². The van der Waals surface area contributed by atoms with E-state index in [0.717, 1.165) is 24.8 Å². The summed E-state index contributed by atoms with van der Waals surface area (Å²) < 4.78 is 27.8. The second-order valence-corrected chi connectivity index (χ2v) is 8.11. The van der Waals surface area contributed by atoms with Crippen molar-refractivity contribution in [1.29, 1.82) is 0 Å². The van der Waals surface area contributed by atoms with E-state index in [9.17, 15) is 8.42 Å². The van der Waals surface area contributed by atoms with Crippen LogP contribution in [0.2, 0.25) is 0 Å². The average molecular weight is 313 g/mol. The summed E-state index contributed by atoms with van der Waals surface area (Å²) in [6.45, 7) is 2.55. The fraction of sp³-hybridized carbons (Fsp3) is 0.333. The first-order chi connectivity index (χ1) is 10.6. The van der Waals surface area contributed by atoms with Crippen LogP contribution in [-0.2, 0) is 22.9 Å². The van der Waals surface area contributed by atoms with Gasteiger partial charge in [0.15, 0.2) is 0 Å². The average Bonchev–Trinajstić information content (AvgIpc) is 2.94. The van der Waals surface area contributed by atoms with Crippen LogP contribution in [0.1, 0.15) is 34.7 Å². The highest BCUT2D eigenvalue weighted by Crippen LogP contribution is 2.43. The van der Waals surface area contributed by atoms with Crippen molar-refractivity contribution in [3.63, 3.8) is 0 Å². The fourth-order valence-electron chi connectivity index (χ4n) is 3.77. The molecule has 2 aromatic carbocycles. The predicted molar refractivity (Wildman–Crippen MR) is 86.3 cm³/mol. The third-order valence-corrected chi connectivity index (χ3v) is 6.81. The molecule has 2 aromatic rings. The van der Waals surface area contributed by atoms with Gasteiger partial charge < -0.3 is 0 Å². The quantitative estimate of drug-likeness (QED) is 0.853. The van der Waals surface area contributed by atoms with Crippen LogP contribution in [0, 0.1) is 6.92 Å². The lowest BCUT2D eigenvalue weighted by Crippen LogP contribution is -2.39. The summed E-state index contributed by atoms with van der Waals surface area (Å²) >= 11 is 0. The largest absolute Gasteiger partial charge is 0.243 e. The molecule has 0 saturated heterocycles. The first-order valence-corrected chi connectivity index (χ1v) is 9.20. The molecule has 0 spiro atoms. The smallest absolute Gasteiger partial charge is 0.207 e. The predicted octanol–water partition coefficient (Wildman–Crippen LogP) is 3.23. The molecular formula is C18H19NO2S. The Morgan fingerprint density at radius 2 is 1.68 bits per heavy atom. The van der Waals surface area contributed by atoms with Gasteiger partial charge in [-0.25, -0.2) is 8.42 Å². The van der Waals surface area contributed by atoms with Crippen LogP contribution in [-0.4, -0.2) is 19.3 Å². The molecule has 1 aliphatic carbocycles. The Labute approximate surface area is 131 Å². The molecule has 114 valence electrons. The lowest BCUT2D eigenvalue weighted by Gasteiger charge is -2.34. The lowest BCUT2D eigenvalue weighted by molar-refractivity contribution is 0.308. The number of nitrogens with zero attached hydrogens (tertiary/aromatic N) is 1. The topological polar surface area (TPSA) is 37.4 Å². The van der Waals surface area contributed by atoms with Gasteiger partial charge in [0.2, 0.25) is 10.0 Å². The summed E-state index contributed by atoms with van der Waals surface area (Å²) in [6, 6.07) is 13.6. The highest BCUT2D eigenvalue weighted by atomic mass is 32.2. The number of hydrogen-bond acceptors (Lipinski definition) is 2. The van der Waals surface area contributed by atoms with Gasteiger partial charge in [-0.2, -0.15) is 4.31 Å². The molecule has 0 saturated carbocycles. The van der Waals surface area contributed by atoms with E-state index in [1.807, 2.05) is 19.1 Å². The molecule has 0 amide bonds. The molecule has 1 atom stereocenters. The van der Waals surface area contributed by atoms with Crippen LogP contribution in [0.15, 0.2) is 47.4 Å². The van der Waals surface area contributed by atoms with Crippen molar-refractivity contribution in [3.05, 3.63) is 64.7 Å². The normalized spacial score (nSPS) is 20.9. The molecule has 0 fully saturated rings. The maximum atomic E-state index is 13.0. The van der Waals surface area contributed by atoms with Crippen LogP contribution in [0.4, 0.5) is 0 Å². The molecule has 0 N–H and O–H groups in total. The van der Waals surface area contributed by atoms with Crippen molar-refractivity contribution in [2.24, 2.45) is 0 Å². The van der Waals surface area contributed by atoms with E-state index in [2.05, 4.69) is 18.2 Å². The summed E-state index contributed by atoms with van der Waals surface area (Å²) in [5, 5.41) is 0. The molecule has 2 aliphatic rings. The van der Waals surface area contributed by atoms with Crippen molar-refractivity contribution in [2.45, 2.75) is 37.1 Å².